The first kappa shape index (κ1) is 15.7. The lowest BCUT2D eigenvalue weighted by Crippen LogP contribution is -2.32. The van der Waals surface area contributed by atoms with Gasteiger partial charge in [-0.1, -0.05) is 6.92 Å². The second-order valence-electron chi connectivity index (χ2n) is 5.19. The maximum atomic E-state index is 11.4. The monoisotopic (exact) mass is 266 g/mol. The standard InChI is InChI=1S/C14H26N4O/c1-5-12(4)18-9-7-13(17-18)10-15-8-6-14(19)16-11(2)3/h7,9,11-12,15H,5-6,8,10H2,1-4H3,(H,16,19). The summed E-state index contributed by atoms with van der Waals surface area (Å²) in [7, 11) is 0. The highest BCUT2D eigenvalue weighted by molar-refractivity contribution is 5.76. The number of carbonyl (C=O) groups excluding carboxylic acids is 1. The van der Waals surface area contributed by atoms with Crippen molar-refractivity contribution >= 4 is 5.91 Å². The van der Waals surface area contributed by atoms with Crippen LogP contribution in [-0.4, -0.2) is 28.3 Å². The van der Waals surface area contributed by atoms with E-state index in [0.717, 1.165) is 12.1 Å². The van der Waals surface area contributed by atoms with Crippen molar-refractivity contribution in [1.82, 2.24) is 20.4 Å². The second-order valence-corrected chi connectivity index (χ2v) is 5.19. The number of hydrogen-bond donors (Lipinski definition) is 2. The van der Waals surface area contributed by atoms with Crippen LogP contribution in [0.2, 0.25) is 0 Å². The molecule has 5 heteroatoms. The Labute approximate surface area is 115 Å². The molecule has 1 atom stereocenters. The zero-order chi connectivity index (χ0) is 14.3. The summed E-state index contributed by atoms with van der Waals surface area (Å²) in [5, 5.41) is 10.6. The summed E-state index contributed by atoms with van der Waals surface area (Å²) in [6, 6.07) is 2.66. The molecule has 2 N–H and O–H groups in total. The molecule has 0 saturated carbocycles. The Morgan fingerprint density at radius 1 is 1.42 bits per heavy atom. The van der Waals surface area contributed by atoms with Crippen LogP contribution in [0.15, 0.2) is 12.3 Å². The van der Waals surface area contributed by atoms with E-state index in [0.29, 0.717) is 25.6 Å². The van der Waals surface area contributed by atoms with E-state index in [1.807, 2.05) is 30.8 Å². The Morgan fingerprint density at radius 3 is 2.79 bits per heavy atom. The van der Waals surface area contributed by atoms with E-state index >= 15 is 0 Å². The molecule has 1 amide bonds. The predicted molar refractivity (Wildman–Crippen MR) is 76.8 cm³/mol. The summed E-state index contributed by atoms with van der Waals surface area (Å²) in [5.41, 5.74) is 1.02. The van der Waals surface area contributed by atoms with Crippen molar-refractivity contribution in [1.29, 1.82) is 0 Å². The first-order valence-electron chi connectivity index (χ1n) is 7.07. The molecular weight excluding hydrogens is 240 g/mol. The number of hydrogen-bond acceptors (Lipinski definition) is 3. The van der Waals surface area contributed by atoms with E-state index in [-0.39, 0.29) is 11.9 Å². The summed E-state index contributed by atoms with van der Waals surface area (Å²) in [4.78, 5) is 11.4. The normalized spacial score (nSPS) is 12.7. The van der Waals surface area contributed by atoms with Gasteiger partial charge in [0, 0.05) is 37.8 Å². The Kier molecular flexibility index (Phi) is 6.56. The lowest BCUT2D eigenvalue weighted by Gasteiger charge is -2.09. The van der Waals surface area contributed by atoms with Gasteiger partial charge in [-0.15, -0.1) is 0 Å². The minimum atomic E-state index is 0.0904. The molecule has 1 rings (SSSR count). The number of carbonyl (C=O) groups is 1. The van der Waals surface area contributed by atoms with Crippen molar-refractivity contribution in [2.75, 3.05) is 6.54 Å². The van der Waals surface area contributed by atoms with Gasteiger partial charge < -0.3 is 10.6 Å². The van der Waals surface area contributed by atoms with E-state index in [1.54, 1.807) is 0 Å². The van der Waals surface area contributed by atoms with E-state index < -0.39 is 0 Å². The lowest BCUT2D eigenvalue weighted by molar-refractivity contribution is -0.121. The predicted octanol–water partition coefficient (Wildman–Crippen LogP) is 1.86. The molecule has 0 saturated heterocycles. The molecule has 19 heavy (non-hydrogen) atoms. The lowest BCUT2D eigenvalue weighted by atomic mass is 10.3. The van der Waals surface area contributed by atoms with Gasteiger partial charge in [0.15, 0.2) is 0 Å². The Hall–Kier alpha value is -1.36. The van der Waals surface area contributed by atoms with E-state index in [1.165, 1.54) is 0 Å². The number of rotatable bonds is 8. The fraction of sp³-hybridized carbons (Fsp3) is 0.714. The van der Waals surface area contributed by atoms with E-state index in [2.05, 4.69) is 29.6 Å². The van der Waals surface area contributed by atoms with Crippen molar-refractivity contribution < 1.29 is 4.79 Å². The molecule has 0 fully saturated rings. The zero-order valence-electron chi connectivity index (χ0n) is 12.4. The van der Waals surface area contributed by atoms with Gasteiger partial charge in [0.05, 0.1) is 5.69 Å². The topological polar surface area (TPSA) is 59.0 Å². The third-order valence-electron chi connectivity index (χ3n) is 2.99. The molecule has 0 spiro atoms. The van der Waals surface area contributed by atoms with E-state index in [9.17, 15) is 4.79 Å². The van der Waals surface area contributed by atoms with Gasteiger partial charge in [-0.3, -0.25) is 9.48 Å². The molecule has 1 unspecified atom stereocenters. The molecule has 1 aromatic heterocycles. The molecular formula is C14H26N4O. The van der Waals surface area contributed by atoms with Crippen molar-refractivity contribution in [3.63, 3.8) is 0 Å². The number of nitrogens with one attached hydrogen (secondary N) is 2. The molecule has 0 aliphatic heterocycles. The summed E-state index contributed by atoms with van der Waals surface area (Å²) < 4.78 is 1.99. The van der Waals surface area contributed by atoms with Crippen LogP contribution in [0, 0.1) is 0 Å². The summed E-state index contributed by atoms with van der Waals surface area (Å²) in [5.74, 6) is 0.0904. The van der Waals surface area contributed by atoms with Crippen LogP contribution in [0.3, 0.4) is 0 Å². The average molecular weight is 266 g/mol. The van der Waals surface area contributed by atoms with Crippen molar-refractivity contribution in [3.05, 3.63) is 18.0 Å². The van der Waals surface area contributed by atoms with Gasteiger partial charge in [0.25, 0.3) is 0 Å². The number of amides is 1. The van der Waals surface area contributed by atoms with Crippen LogP contribution < -0.4 is 10.6 Å². The van der Waals surface area contributed by atoms with Gasteiger partial charge in [-0.2, -0.15) is 5.10 Å². The SMILES string of the molecule is CCC(C)n1ccc(CNCCC(=O)NC(C)C)n1. The maximum absolute atomic E-state index is 11.4. The molecule has 0 bridgehead atoms. The Bertz CT molecular complexity index is 387. The average Bonchev–Trinajstić information content (AvgIpc) is 2.81. The van der Waals surface area contributed by atoms with Crippen molar-refractivity contribution in [2.24, 2.45) is 0 Å². The van der Waals surface area contributed by atoms with Crippen molar-refractivity contribution in [3.8, 4) is 0 Å². The van der Waals surface area contributed by atoms with Gasteiger partial charge in [0.1, 0.15) is 0 Å². The molecule has 0 radical (unpaired) electrons. The van der Waals surface area contributed by atoms with Crippen LogP contribution in [0.4, 0.5) is 0 Å². The molecule has 0 aliphatic rings. The van der Waals surface area contributed by atoms with Gasteiger partial charge in [-0.05, 0) is 33.3 Å². The Balaban J connectivity index is 2.22. The molecule has 1 aromatic rings. The Morgan fingerprint density at radius 2 is 2.16 bits per heavy atom. The highest BCUT2D eigenvalue weighted by atomic mass is 16.1. The minimum absolute atomic E-state index is 0.0904. The molecule has 0 aromatic carbocycles. The van der Waals surface area contributed by atoms with E-state index in [4.69, 9.17) is 0 Å². The van der Waals surface area contributed by atoms with Gasteiger partial charge in [-0.25, -0.2) is 0 Å². The number of nitrogens with zero attached hydrogens (tertiary/aromatic N) is 2. The molecule has 1 heterocycles. The highest BCUT2D eigenvalue weighted by Gasteiger charge is 2.05. The third-order valence-corrected chi connectivity index (χ3v) is 2.99. The smallest absolute Gasteiger partial charge is 0.221 e. The largest absolute Gasteiger partial charge is 0.354 e. The quantitative estimate of drug-likeness (QED) is 0.706. The van der Waals surface area contributed by atoms with Crippen LogP contribution in [0.1, 0.15) is 52.3 Å². The summed E-state index contributed by atoms with van der Waals surface area (Å²) >= 11 is 0. The van der Waals surface area contributed by atoms with Crippen LogP contribution in [-0.2, 0) is 11.3 Å². The molecule has 0 aliphatic carbocycles. The third kappa shape index (κ3) is 5.87. The van der Waals surface area contributed by atoms with Gasteiger partial charge >= 0.3 is 0 Å². The maximum Gasteiger partial charge on any atom is 0.221 e. The summed E-state index contributed by atoms with van der Waals surface area (Å²) in [6.45, 7) is 9.62. The summed E-state index contributed by atoms with van der Waals surface area (Å²) in [6.07, 6.45) is 3.59. The fourth-order valence-corrected chi connectivity index (χ4v) is 1.72. The molecule has 5 nitrogen and oxygen atoms in total. The minimum Gasteiger partial charge on any atom is -0.354 e. The van der Waals surface area contributed by atoms with Crippen molar-refractivity contribution in [2.45, 2.75) is 59.2 Å². The van der Waals surface area contributed by atoms with Gasteiger partial charge in [0.2, 0.25) is 5.91 Å². The first-order valence-corrected chi connectivity index (χ1v) is 7.07. The van der Waals surface area contributed by atoms with Crippen LogP contribution in [0.5, 0.6) is 0 Å². The fourth-order valence-electron chi connectivity index (χ4n) is 1.72. The molecule has 108 valence electrons. The first-order chi connectivity index (χ1) is 9.02. The zero-order valence-corrected chi connectivity index (χ0v) is 12.4. The highest BCUT2D eigenvalue weighted by Crippen LogP contribution is 2.08. The second kappa shape index (κ2) is 7.94. The van der Waals surface area contributed by atoms with Crippen LogP contribution >= 0.6 is 0 Å². The van der Waals surface area contributed by atoms with Crippen LogP contribution in [0.25, 0.3) is 0 Å². The number of aromatic nitrogens is 2.